The summed E-state index contributed by atoms with van der Waals surface area (Å²) < 4.78 is 0. The van der Waals surface area contributed by atoms with Crippen LogP contribution in [0.15, 0.2) is 0 Å². The molecule has 16 heavy (non-hydrogen) atoms. The number of hydrogen-bond acceptors (Lipinski definition) is 2. The molecular formula is C14H30N2. The fraction of sp³-hybridized carbons (Fsp3) is 1.00. The Bertz CT molecular complexity index is 161. The van der Waals surface area contributed by atoms with Gasteiger partial charge < -0.3 is 10.2 Å². The zero-order valence-electron chi connectivity index (χ0n) is 11.5. The first-order valence-corrected chi connectivity index (χ1v) is 7.23. The molecule has 1 rings (SSSR count). The summed E-state index contributed by atoms with van der Waals surface area (Å²) in [5.74, 6) is 0. The van der Waals surface area contributed by atoms with E-state index in [1.807, 2.05) is 0 Å². The number of nitrogens with zero attached hydrogens (tertiary/aromatic N) is 1. The van der Waals surface area contributed by atoms with Gasteiger partial charge in [0.2, 0.25) is 0 Å². The van der Waals surface area contributed by atoms with E-state index < -0.39 is 0 Å². The van der Waals surface area contributed by atoms with Gasteiger partial charge in [-0.05, 0) is 64.7 Å². The molecule has 0 aliphatic carbocycles. The molecule has 0 aromatic carbocycles. The molecule has 0 saturated carbocycles. The van der Waals surface area contributed by atoms with Crippen LogP contribution in [0.4, 0.5) is 0 Å². The number of nitrogens with one attached hydrogen (secondary N) is 1. The molecule has 1 N–H and O–H groups in total. The van der Waals surface area contributed by atoms with E-state index in [4.69, 9.17) is 0 Å². The maximum Gasteiger partial charge on any atom is 0.0173 e. The molecule has 1 saturated heterocycles. The average Bonchev–Trinajstić information content (AvgIpc) is 2.83. The second-order valence-electron chi connectivity index (χ2n) is 5.17. The van der Waals surface area contributed by atoms with Gasteiger partial charge in [0, 0.05) is 5.54 Å². The van der Waals surface area contributed by atoms with Crippen LogP contribution in [0.25, 0.3) is 0 Å². The van der Waals surface area contributed by atoms with Crippen molar-refractivity contribution in [2.75, 3.05) is 26.2 Å². The molecule has 0 bridgehead atoms. The van der Waals surface area contributed by atoms with Crippen molar-refractivity contribution in [3.63, 3.8) is 0 Å². The van der Waals surface area contributed by atoms with Gasteiger partial charge in [0.25, 0.3) is 0 Å². The van der Waals surface area contributed by atoms with Crippen LogP contribution in [-0.4, -0.2) is 36.6 Å². The molecule has 1 aliphatic heterocycles. The summed E-state index contributed by atoms with van der Waals surface area (Å²) in [7, 11) is 0. The van der Waals surface area contributed by atoms with Gasteiger partial charge in [0.15, 0.2) is 0 Å². The van der Waals surface area contributed by atoms with Gasteiger partial charge in [-0.2, -0.15) is 0 Å². The molecule has 0 radical (unpaired) electrons. The molecule has 0 aromatic heterocycles. The lowest BCUT2D eigenvalue weighted by molar-refractivity contribution is 0.272. The molecule has 0 spiro atoms. The van der Waals surface area contributed by atoms with E-state index in [-0.39, 0.29) is 0 Å². The molecule has 2 heteroatoms. The van der Waals surface area contributed by atoms with Crippen molar-refractivity contribution in [3.8, 4) is 0 Å². The summed E-state index contributed by atoms with van der Waals surface area (Å²) in [6.07, 6.45) is 7.89. The minimum atomic E-state index is 0.408. The highest BCUT2D eigenvalue weighted by atomic mass is 15.1. The van der Waals surface area contributed by atoms with Crippen molar-refractivity contribution in [2.24, 2.45) is 0 Å². The highest BCUT2D eigenvalue weighted by Gasteiger charge is 2.22. The maximum atomic E-state index is 3.78. The minimum absolute atomic E-state index is 0.408. The first kappa shape index (κ1) is 14.0. The third-order valence-corrected chi connectivity index (χ3v) is 4.38. The van der Waals surface area contributed by atoms with Crippen LogP contribution in [0.3, 0.4) is 0 Å². The molecule has 1 fully saturated rings. The zero-order valence-corrected chi connectivity index (χ0v) is 11.5. The highest BCUT2D eigenvalue weighted by molar-refractivity contribution is 4.83. The van der Waals surface area contributed by atoms with Gasteiger partial charge in [-0.25, -0.2) is 0 Å². The second kappa shape index (κ2) is 7.29. The average molecular weight is 226 g/mol. The van der Waals surface area contributed by atoms with Gasteiger partial charge in [-0.15, -0.1) is 0 Å². The van der Waals surface area contributed by atoms with Crippen LogP contribution in [-0.2, 0) is 0 Å². The summed E-state index contributed by atoms with van der Waals surface area (Å²) in [6.45, 7) is 12.1. The smallest absolute Gasteiger partial charge is 0.0173 e. The Kier molecular flexibility index (Phi) is 6.37. The molecule has 0 atom stereocenters. The van der Waals surface area contributed by atoms with E-state index in [0.717, 1.165) is 0 Å². The summed E-state index contributed by atoms with van der Waals surface area (Å²) in [6, 6.07) is 0. The van der Waals surface area contributed by atoms with E-state index in [2.05, 4.69) is 31.0 Å². The van der Waals surface area contributed by atoms with Crippen molar-refractivity contribution in [2.45, 2.75) is 64.8 Å². The van der Waals surface area contributed by atoms with E-state index in [0.29, 0.717) is 5.54 Å². The van der Waals surface area contributed by atoms with Crippen LogP contribution in [0.2, 0.25) is 0 Å². The van der Waals surface area contributed by atoms with Gasteiger partial charge >= 0.3 is 0 Å². The molecule has 0 aromatic rings. The van der Waals surface area contributed by atoms with Gasteiger partial charge in [0.05, 0.1) is 0 Å². The van der Waals surface area contributed by atoms with Crippen LogP contribution < -0.4 is 5.32 Å². The number of likely N-dealkylation sites (tertiary alicyclic amines) is 1. The largest absolute Gasteiger partial charge is 0.311 e. The molecule has 96 valence electrons. The Morgan fingerprint density at radius 3 is 2.06 bits per heavy atom. The van der Waals surface area contributed by atoms with Crippen molar-refractivity contribution in [1.29, 1.82) is 0 Å². The van der Waals surface area contributed by atoms with Crippen LogP contribution in [0.1, 0.15) is 59.3 Å². The van der Waals surface area contributed by atoms with Crippen molar-refractivity contribution >= 4 is 0 Å². The van der Waals surface area contributed by atoms with Crippen LogP contribution in [0.5, 0.6) is 0 Å². The van der Waals surface area contributed by atoms with E-state index in [9.17, 15) is 0 Å². The summed E-state index contributed by atoms with van der Waals surface area (Å²) in [5, 5.41) is 3.78. The van der Waals surface area contributed by atoms with E-state index >= 15 is 0 Å². The number of hydrogen-bond donors (Lipinski definition) is 1. The van der Waals surface area contributed by atoms with Crippen LogP contribution >= 0.6 is 0 Å². The Morgan fingerprint density at radius 1 is 1.00 bits per heavy atom. The first-order chi connectivity index (χ1) is 7.76. The predicted molar refractivity (Wildman–Crippen MR) is 71.9 cm³/mol. The summed E-state index contributed by atoms with van der Waals surface area (Å²) in [4.78, 5) is 2.60. The number of rotatable bonds is 8. The van der Waals surface area contributed by atoms with Crippen LogP contribution in [0, 0.1) is 0 Å². The normalized spacial score (nSPS) is 18.2. The zero-order chi connectivity index (χ0) is 11.9. The standard InChI is InChI=1S/C14H30N2/c1-4-14(5-2,6-3)15-10-9-13-16-11-7-8-12-16/h15H,4-13H2,1-3H3. The third-order valence-electron chi connectivity index (χ3n) is 4.38. The topological polar surface area (TPSA) is 15.3 Å². The Hall–Kier alpha value is -0.0800. The van der Waals surface area contributed by atoms with Gasteiger partial charge in [-0.1, -0.05) is 20.8 Å². The lowest BCUT2D eigenvalue weighted by atomic mass is 9.90. The maximum absolute atomic E-state index is 3.78. The minimum Gasteiger partial charge on any atom is -0.311 e. The Balaban J connectivity index is 2.12. The molecular weight excluding hydrogens is 196 g/mol. The quantitative estimate of drug-likeness (QED) is 0.640. The monoisotopic (exact) mass is 226 g/mol. The summed E-state index contributed by atoms with van der Waals surface area (Å²) in [5.41, 5.74) is 0.408. The fourth-order valence-corrected chi connectivity index (χ4v) is 2.79. The van der Waals surface area contributed by atoms with E-state index in [1.54, 1.807) is 0 Å². The predicted octanol–water partition coefficient (Wildman–Crippen LogP) is 3.03. The summed E-state index contributed by atoms with van der Waals surface area (Å²) >= 11 is 0. The molecule has 0 amide bonds. The first-order valence-electron chi connectivity index (χ1n) is 7.23. The lowest BCUT2D eigenvalue weighted by Crippen LogP contribution is -2.44. The lowest BCUT2D eigenvalue weighted by Gasteiger charge is -2.32. The highest BCUT2D eigenvalue weighted by Crippen LogP contribution is 2.19. The third kappa shape index (κ3) is 4.06. The molecule has 1 heterocycles. The van der Waals surface area contributed by atoms with Crippen molar-refractivity contribution in [1.82, 2.24) is 10.2 Å². The Morgan fingerprint density at radius 2 is 1.56 bits per heavy atom. The van der Waals surface area contributed by atoms with Crippen molar-refractivity contribution in [3.05, 3.63) is 0 Å². The van der Waals surface area contributed by atoms with Crippen molar-refractivity contribution < 1.29 is 0 Å². The molecule has 0 unspecified atom stereocenters. The van der Waals surface area contributed by atoms with Gasteiger partial charge in [0.1, 0.15) is 0 Å². The second-order valence-corrected chi connectivity index (χ2v) is 5.17. The molecule has 2 nitrogen and oxygen atoms in total. The fourth-order valence-electron chi connectivity index (χ4n) is 2.79. The van der Waals surface area contributed by atoms with Gasteiger partial charge in [-0.3, -0.25) is 0 Å². The SMILES string of the molecule is CCC(CC)(CC)NCCCN1CCCC1. The van der Waals surface area contributed by atoms with E-state index in [1.165, 1.54) is 64.7 Å². The Labute approximate surface area is 102 Å². The molecule has 1 aliphatic rings.